The Hall–Kier alpha value is -3.39. The second kappa shape index (κ2) is 8.16. The molecule has 2 aromatic heterocycles. The molecule has 30 heavy (non-hydrogen) atoms. The molecule has 0 radical (unpaired) electrons. The molecule has 0 bridgehead atoms. The minimum absolute atomic E-state index is 0.178. The van der Waals surface area contributed by atoms with E-state index in [-0.39, 0.29) is 18.1 Å². The lowest BCUT2D eigenvalue weighted by Crippen LogP contribution is -2.28. The second-order valence-corrected chi connectivity index (χ2v) is 8.19. The van der Waals surface area contributed by atoms with Crippen LogP contribution < -0.4 is 11.0 Å². The van der Waals surface area contributed by atoms with Crippen LogP contribution in [0.4, 0.5) is 5.69 Å². The van der Waals surface area contributed by atoms with Gasteiger partial charge in [0.15, 0.2) is 5.65 Å². The van der Waals surface area contributed by atoms with Crippen molar-refractivity contribution in [2.45, 2.75) is 37.2 Å². The van der Waals surface area contributed by atoms with Gasteiger partial charge in [-0.3, -0.25) is 4.79 Å². The van der Waals surface area contributed by atoms with Crippen molar-refractivity contribution in [1.29, 1.82) is 0 Å². The van der Waals surface area contributed by atoms with Gasteiger partial charge in [-0.05, 0) is 50.1 Å². The average molecular weight is 420 g/mol. The number of anilines is 1. The van der Waals surface area contributed by atoms with E-state index in [0.29, 0.717) is 16.4 Å². The number of rotatable bonds is 5. The summed E-state index contributed by atoms with van der Waals surface area (Å²) in [5.74, 6) is -0.317. The maximum absolute atomic E-state index is 12.7. The molecule has 0 atom stereocenters. The van der Waals surface area contributed by atoms with Crippen molar-refractivity contribution in [1.82, 2.24) is 19.2 Å². The van der Waals surface area contributed by atoms with E-state index < -0.39 is 0 Å². The van der Waals surface area contributed by atoms with Gasteiger partial charge in [0.05, 0.1) is 0 Å². The van der Waals surface area contributed by atoms with Gasteiger partial charge in [0, 0.05) is 23.0 Å². The number of nitrogens with one attached hydrogen (secondary N) is 1. The molecular weight excluding hydrogens is 398 g/mol. The third kappa shape index (κ3) is 4.13. The van der Waals surface area contributed by atoms with Crippen molar-refractivity contribution in [2.75, 3.05) is 5.32 Å². The van der Waals surface area contributed by atoms with Crippen LogP contribution in [0.25, 0.3) is 5.65 Å². The normalized spacial score (nSPS) is 11.0. The molecule has 0 saturated heterocycles. The lowest BCUT2D eigenvalue weighted by Gasteiger charge is -2.06. The SMILES string of the molecule is Cc1cccc(NC(=O)Cn2nc3c(Sc4ccc(C)cc4C)nccn3c2=O)c1. The third-order valence-electron chi connectivity index (χ3n) is 4.60. The molecule has 0 saturated carbocycles. The fraction of sp³-hybridized carbons (Fsp3) is 0.182. The molecule has 0 spiro atoms. The summed E-state index contributed by atoms with van der Waals surface area (Å²) in [5, 5.41) is 7.79. The number of aryl methyl sites for hydroxylation is 3. The summed E-state index contributed by atoms with van der Waals surface area (Å²) in [7, 11) is 0. The van der Waals surface area contributed by atoms with Gasteiger partial charge in [0.25, 0.3) is 0 Å². The van der Waals surface area contributed by atoms with E-state index in [1.54, 1.807) is 18.5 Å². The summed E-state index contributed by atoms with van der Waals surface area (Å²) < 4.78 is 2.58. The number of benzene rings is 2. The Bertz CT molecular complexity index is 1310. The van der Waals surface area contributed by atoms with Crippen LogP contribution in [-0.4, -0.2) is 25.1 Å². The number of carbonyl (C=O) groups excluding carboxylic acids is 1. The number of carbonyl (C=O) groups is 1. The number of aromatic nitrogens is 4. The van der Waals surface area contributed by atoms with Crippen LogP contribution >= 0.6 is 11.8 Å². The molecule has 0 aliphatic carbocycles. The van der Waals surface area contributed by atoms with Crippen LogP contribution in [-0.2, 0) is 11.3 Å². The lowest BCUT2D eigenvalue weighted by molar-refractivity contribution is -0.117. The Kier molecular flexibility index (Phi) is 5.41. The summed E-state index contributed by atoms with van der Waals surface area (Å²) >= 11 is 1.45. The van der Waals surface area contributed by atoms with E-state index in [1.807, 2.05) is 51.1 Å². The minimum Gasteiger partial charge on any atom is -0.324 e. The largest absolute Gasteiger partial charge is 0.350 e. The highest BCUT2D eigenvalue weighted by atomic mass is 32.2. The summed E-state index contributed by atoms with van der Waals surface area (Å²) in [4.78, 5) is 30.6. The molecule has 152 valence electrons. The standard InChI is InChI=1S/C22H21N5O2S/c1-14-5-4-6-17(12-14)24-19(28)13-27-22(29)26-10-9-23-21(20(26)25-27)30-18-8-7-15(2)11-16(18)3/h4-12H,13H2,1-3H3,(H,24,28). The number of amides is 1. The molecule has 0 aliphatic heterocycles. The van der Waals surface area contributed by atoms with E-state index in [4.69, 9.17) is 0 Å². The zero-order chi connectivity index (χ0) is 21.3. The highest BCUT2D eigenvalue weighted by Crippen LogP contribution is 2.31. The molecule has 0 aliphatic rings. The first-order chi connectivity index (χ1) is 14.4. The predicted octanol–water partition coefficient (Wildman–Crippen LogP) is 3.61. The van der Waals surface area contributed by atoms with Crippen molar-refractivity contribution in [3.05, 3.63) is 82.0 Å². The van der Waals surface area contributed by atoms with Gasteiger partial charge in [0.2, 0.25) is 5.91 Å². The number of hydrogen-bond acceptors (Lipinski definition) is 5. The Morgan fingerprint density at radius 2 is 1.90 bits per heavy atom. The molecule has 1 amide bonds. The van der Waals surface area contributed by atoms with E-state index in [0.717, 1.165) is 20.7 Å². The Morgan fingerprint density at radius 1 is 1.10 bits per heavy atom. The highest BCUT2D eigenvalue weighted by Gasteiger charge is 2.16. The van der Waals surface area contributed by atoms with Gasteiger partial charge < -0.3 is 5.32 Å². The van der Waals surface area contributed by atoms with Crippen molar-refractivity contribution in [3.8, 4) is 0 Å². The monoisotopic (exact) mass is 419 g/mol. The summed E-state index contributed by atoms with van der Waals surface area (Å²) in [5.41, 5.74) is 4.08. The molecule has 0 fully saturated rings. The van der Waals surface area contributed by atoms with Crippen LogP contribution in [0.15, 0.2) is 69.6 Å². The number of fused-ring (bicyclic) bond motifs is 1. The smallest absolute Gasteiger partial charge is 0.324 e. The van der Waals surface area contributed by atoms with Gasteiger partial charge in [-0.15, -0.1) is 5.10 Å². The quantitative estimate of drug-likeness (QED) is 0.534. The third-order valence-corrected chi connectivity index (χ3v) is 5.76. The number of nitrogens with zero attached hydrogens (tertiary/aromatic N) is 4. The summed E-state index contributed by atoms with van der Waals surface area (Å²) in [6.07, 6.45) is 3.13. The Labute approximate surface area is 177 Å². The molecule has 2 heterocycles. The number of hydrogen-bond donors (Lipinski definition) is 1. The minimum atomic E-state index is -0.380. The van der Waals surface area contributed by atoms with Crippen molar-refractivity contribution < 1.29 is 4.79 Å². The molecule has 4 aromatic rings. The van der Waals surface area contributed by atoms with E-state index in [2.05, 4.69) is 21.5 Å². The lowest BCUT2D eigenvalue weighted by atomic mass is 10.2. The molecule has 1 N–H and O–H groups in total. The Balaban J connectivity index is 1.61. The van der Waals surface area contributed by atoms with Crippen LogP contribution in [0, 0.1) is 20.8 Å². The summed E-state index contributed by atoms with van der Waals surface area (Å²) in [6.45, 7) is 5.85. The highest BCUT2D eigenvalue weighted by molar-refractivity contribution is 7.99. The molecule has 8 heteroatoms. The average Bonchev–Trinajstić information content (AvgIpc) is 3.00. The van der Waals surface area contributed by atoms with Crippen LogP contribution in [0.5, 0.6) is 0 Å². The maximum atomic E-state index is 12.7. The van der Waals surface area contributed by atoms with Gasteiger partial charge in [-0.1, -0.05) is 41.6 Å². The van der Waals surface area contributed by atoms with Crippen molar-refractivity contribution in [3.63, 3.8) is 0 Å². The molecule has 0 unspecified atom stereocenters. The fourth-order valence-electron chi connectivity index (χ4n) is 3.18. The van der Waals surface area contributed by atoms with Crippen molar-refractivity contribution in [2.24, 2.45) is 0 Å². The fourth-order valence-corrected chi connectivity index (χ4v) is 4.09. The molecular formula is C22H21N5O2S. The van der Waals surface area contributed by atoms with Gasteiger partial charge in [0.1, 0.15) is 11.6 Å². The van der Waals surface area contributed by atoms with Gasteiger partial charge in [-0.2, -0.15) is 0 Å². The molecule has 4 rings (SSSR count). The molecule has 7 nitrogen and oxygen atoms in total. The molecule has 2 aromatic carbocycles. The van der Waals surface area contributed by atoms with Gasteiger partial charge >= 0.3 is 5.69 Å². The summed E-state index contributed by atoms with van der Waals surface area (Å²) in [6, 6.07) is 13.7. The van der Waals surface area contributed by atoms with E-state index >= 15 is 0 Å². The predicted molar refractivity (Wildman–Crippen MR) is 117 cm³/mol. The van der Waals surface area contributed by atoms with Crippen molar-refractivity contribution >= 4 is 29.0 Å². The van der Waals surface area contributed by atoms with E-state index in [9.17, 15) is 9.59 Å². The first kappa shape index (κ1) is 19.9. The van der Waals surface area contributed by atoms with Crippen LogP contribution in [0.3, 0.4) is 0 Å². The van der Waals surface area contributed by atoms with Crippen LogP contribution in [0.1, 0.15) is 16.7 Å². The zero-order valence-electron chi connectivity index (χ0n) is 16.9. The first-order valence-electron chi connectivity index (χ1n) is 9.46. The first-order valence-corrected chi connectivity index (χ1v) is 10.3. The van der Waals surface area contributed by atoms with Crippen LogP contribution in [0.2, 0.25) is 0 Å². The van der Waals surface area contributed by atoms with E-state index in [1.165, 1.54) is 21.7 Å². The maximum Gasteiger partial charge on any atom is 0.350 e. The topological polar surface area (TPSA) is 81.3 Å². The zero-order valence-corrected chi connectivity index (χ0v) is 17.7. The second-order valence-electron chi connectivity index (χ2n) is 7.15. The van der Waals surface area contributed by atoms with Gasteiger partial charge in [-0.25, -0.2) is 18.9 Å². The Morgan fingerprint density at radius 3 is 2.67 bits per heavy atom.